The Bertz CT molecular complexity index is 244. The molecular formula is C11H20N2O2S. The molecule has 0 bridgehead atoms. The van der Waals surface area contributed by atoms with E-state index in [4.69, 9.17) is 4.74 Å². The van der Waals surface area contributed by atoms with Crippen molar-refractivity contribution in [3.8, 4) is 0 Å². The van der Waals surface area contributed by atoms with Crippen molar-refractivity contribution < 1.29 is 9.53 Å². The van der Waals surface area contributed by atoms with Gasteiger partial charge in [0.05, 0.1) is 7.11 Å². The minimum Gasteiger partial charge on any atom is -0.453 e. The van der Waals surface area contributed by atoms with E-state index in [1.54, 1.807) is 4.90 Å². The summed E-state index contributed by atoms with van der Waals surface area (Å²) in [5.74, 6) is 2.52. The maximum Gasteiger partial charge on any atom is 0.409 e. The fraction of sp³-hybridized carbons (Fsp3) is 0.909. The lowest BCUT2D eigenvalue weighted by Gasteiger charge is -2.26. The third kappa shape index (κ3) is 3.04. The minimum atomic E-state index is -0.192. The van der Waals surface area contributed by atoms with Crippen molar-refractivity contribution in [2.45, 2.75) is 31.3 Å². The van der Waals surface area contributed by atoms with E-state index in [1.165, 1.54) is 31.5 Å². The lowest BCUT2D eigenvalue weighted by Crippen LogP contribution is -2.43. The number of ether oxygens (including phenoxy) is 1. The summed E-state index contributed by atoms with van der Waals surface area (Å²) in [7, 11) is 1.45. The second kappa shape index (κ2) is 5.77. The van der Waals surface area contributed by atoms with Crippen LogP contribution in [-0.2, 0) is 4.74 Å². The molecule has 2 saturated heterocycles. The predicted octanol–water partition coefficient (Wildman–Crippen LogP) is 1.31. The van der Waals surface area contributed by atoms with Crippen LogP contribution in [-0.4, -0.2) is 54.8 Å². The van der Waals surface area contributed by atoms with Crippen molar-refractivity contribution >= 4 is 17.9 Å². The number of methoxy groups -OCH3 is 1. The van der Waals surface area contributed by atoms with Crippen LogP contribution in [0.5, 0.6) is 0 Å². The molecule has 2 aliphatic rings. The van der Waals surface area contributed by atoms with E-state index in [9.17, 15) is 4.79 Å². The van der Waals surface area contributed by atoms with E-state index in [1.807, 2.05) is 11.8 Å². The van der Waals surface area contributed by atoms with E-state index >= 15 is 0 Å². The highest BCUT2D eigenvalue weighted by Crippen LogP contribution is 2.19. The molecule has 4 nitrogen and oxygen atoms in total. The summed E-state index contributed by atoms with van der Waals surface area (Å²) in [5.41, 5.74) is 0. The summed E-state index contributed by atoms with van der Waals surface area (Å²) >= 11 is 2.03. The van der Waals surface area contributed by atoms with Crippen LogP contribution in [0, 0.1) is 0 Å². The third-order valence-corrected chi connectivity index (χ3v) is 4.47. The molecule has 2 unspecified atom stereocenters. The molecule has 2 rings (SSSR count). The second-order valence-corrected chi connectivity index (χ2v) is 5.63. The number of nitrogens with zero attached hydrogens (tertiary/aromatic N) is 1. The molecule has 5 heteroatoms. The first-order chi connectivity index (χ1) is 7.79. The van der Waals surface area contributed by atoms with Crippen molar-refractivity contribution in [2.24, 2.45) is 0 Å². The van der Waals surface area contributed by atoms with E-state index in [0.717, 1.165) is 19.5 Å². The molecule has 0 aromatic carbocycles. The van der Waals surface area contributed by atoms with Crippen LogP contribution >= 0.6 is 11.8 Å². The monoisotopic (exact) mass is 244 g/mol. The first kappa shape index (κ1) is 12.0. The molecule has 0 spiro atoms. The zero-order chi connectivity index (χ0) is 11.4. The highest BCUT2D eigenvalue weighted by Gasteiger charge is 2.28. The first-order valence-corrected chi connectivity index (χ1v) is 7.11. The fourth-order valence-corrected chi connectivity index (χ4v) is 3.48. The Balaban J connectivity index is 1.73. The standard InChI is InChI=1S/C11H20N2O2S/c1-15-11(14)13-5-4-9(7-13)12-10-3-2-6-16-8-10/h9-10,12H,2-8H2,1H3. The lowest BCUT2D eigenvalue weighted by atomic mass is 10.1. The molecule has 2 fully saturated rings. The molecule has 0 aromatic rings. The molecule has 2 atom stereocenters. The van der Waals surface area contributed by atoms with Crippen molar-refractivity contribution in [2.75, 3.05) is 31.7 Å². The van der Waals surface area contributed by atoms with Crippen LogP contribution in [0.2, 0.25) is 0 Å². The predicted molar refractivity (Wildman–Crippen MR) is 65.9 cm³/mol. The van der Waals surface area contributed by atoms with Gasteiger partial charge in [0, 0.05) is 30.9 Å². The molecule has 0 aliphatic carbocycles. The number of nitrogens with one attached hydrogen (secondary N) is 1. The molecule has 2 heterocycles. The van der Waals surface area contributed by atoms with Gasteiger partial charge < -0.3 is 15.0 Å². The fourth-order valence-electron chi connectivity index (χ4n) is 2.40. The summed E-state index contributed by atoms with van der Waals surface area (Å²) in [6.07, 6.45) is 3.45. The van der Waals surface area contributed by atoms with Gasteiger partial charge in [0.1, 0.15) is 0 Å². The first-order valence-electron chi connectivity index (χ1n) is 5.96. The van der Waals surface area contributed by atoms with Gasteiger partial charge in [-0.25, -0.2) is 4.79 Å². The van der Waals surface area contributed by atoms with Gasteiger partial charge in [-0.2, -0.15) is 11.8 Å². The van der Waals surface area contributed by atoms with Crippen molar-refractivity contribution in [1.82, 2.24) is 10.2 Å². The van der Waals surface area contributed by atoms with Crippen LogP contribution < -0.4 is 5.32 Å². The molecule has 0 saturated carbocycles. The molecule has 1 N–H and O–H groups in total. The maximum absolute atomic E-state index is 11.3. The average molecular weight is 244 g/mol. The topological polar surface area (TPSA) is 41.6 Å². The Kier molecular flexibility index (Phi) is 4.35. The van der Waals surface area contributed by atoms with Gasteiger partial charge >= 0.3 is 6.09 Å². The van der Waals surface area contributed by atoms with E-state index in [0.29, 0.717) is 12.1 Å². The van der Waals surface area contributed by atoms with Crippen LogP contribution in [0.15, 0.2) is 0 Å². The number of hydrogen-bond donors (Lipinski definition) is 1. The van der Waals surface area contributed by atoms with Crippen LogP contribution in [0.4, 0.5) is 4.79 Å². The van der Waals surface area contributed by atoms with E-state index in [-0.39, 0.29) is 6.09 Å². The summed E-state index contributed by atoms with van der Waals surface area (Å²) in [6.45, 7) is 1.62. The number of likely N-dealkylation sites (tertiary alicyclic amines) is 1. The highest BCUT2D eigenvalue weighted by atomic mass is 32.2. The van der Waals surface area contributed by atoms with E-state index < -0.39 is 0 Å². The Morgan fingerprint density at radius 3 is 3.00 bits per heavy atom. The zero-order valence-corrected chi connectivity index (χ0v) is 10.6. The number of carbonyl (C=O) groups is 1. The smallest absolute Gasteiger partial charge is 0.409 e. The maximum atomic E-state index is 11.3. The van der Waals surface area contributed by atoms with Gasteiger partial charge in [-0.15, -0.1) is 0 Å². The molecular weight excluding hydrogens is 224 g/mol. The van der Waals surface area contributed by atoms with Crippen molar-refractivity contribution in [3.05, 3.63) is 0 Å². The van der Waals surface area contributed by atoms with Gasteiger partial charge in [0.25, 0.3) is 0 Å². The van der Waals surface area contributed by atoms with Gasteiger partial charge in [-0.3, -0.25) is 0 Å². The zero-order valence-electron chi connectivity index (χ0n) is 9.78. The third-order valence-electron chi connectivity index (χ3n) is 3.25. The molecule has 16 heavy (non-hydrogen) atoms. The largest absolute Gasteiger partial charge is 0.453 e. The molecule has 1 amide bonds. The number of amides is 1. The van der Waals surface area contributed by atoms with Gasteiger partial charge in [-0.1, -0.05) is 0 Å². The molecule has 92 valence electrons. The quantitative estimate of drug-likeness (QED) is 0.795. The lowest BCUT2D eigenvalue weighted by molar-refractivity contribution is 0.132. The number of carbonyl (C=O) groups excluding carboxylic acids is 1. The van der Waals surface area contributed by atoms with Gasteiger partial charge in [0.15, 0.2) is 0 Å². The average Bonchev–Trinajstić information content (AvgIpc) is 2.78. The SMILES string of the molecule is COC(=O)N1CCC(NC2CCCSC2)C1. The Morgan fingerprint density at radius 1 is 1.44 bits per heavy atom. The second-order valence-electron chi connectivity index (χ2n) is 4.48. The highest BCUT2D eigenvalue weighted by molar-refractivity contribution is 7.99. The number of thioether (sulfide) groups is 1. The molecule has 0 radical (unpaired) electrons. The number of rotatable bonds is 2. The van der Waals surface area contributed by atoms with Crippen LogP contribution in [0.3, 0.4) is 0 Å². The van der Waals surface area contributed by atoms with Crippen LogP contribution in [0.25, 0.3) is 0 Å². The summed E-state index contributed by atoms with van der Waals surface area (Å²) in [5, 5.41) is 3.66. The van der Waals surface area contributed by atoms with Gasteiger partial charge in [0.2, 0.25) is 0 Å². The Hall–Kier alpha value is -0.420. The van der Waals surface area contributed by atoms with Crippen LogP contribution in [0.1, 0.15) is 19.3 Å². The Morgan fingerprint density at radius 2 is 2.31 bits per heavy atom. The summed E-state index contributed by atoms with van der Waals surface area (Å²) in [4.78, 5) is 13.1. The molecule has 0 aromatic heterocycles. The molecule has 2 aliphatic heterocycles. The number of hydrogen-bond acceptors (Lipinski definition) is 4. The normalized spacial score (nSPS) is 30.4. The minimum absolute atomic E-state index is 0.192. The summed E-state index contributed by atoms with van der Waals surface area (Å²) in [6, 6.07) is 1.10. The summed E-state index contributed by atoms with van der Waals surface area (Å²) < 4.78 is 4.73. The van der Waals surface area contributed by atoms with Crippen molar-refractivity contribution in [1.29, 1.82) is 0 Å². The van der Waals surface area contributed by atoms with Crippen molar-refractivity contribution in [3.63, 3.8) is 0 Å². The Labute approximate surface area is 101 Å². The van der Waals surface area contributed by atoms with Gasteiger partial charge in [-0.05, 0) is 25.0 Å². The van der Waals surface area contributed by atoms with E-state index in [2.05, 4.69) is 5.32 Å².